The molecule has 0 bridgehead atoms. The van der Waals surface area contributed by atoms with Crippen LogP contribution in [0.3, 0.4) is 0 Å². The Balaban J connectivity index is 1.56. The van der Waals surface area contributed by atoms with Gasteiger partial charge in [0.05, 0.1) is 0 Å². The topological polar surface area (TPSA) is 58.2 Å². The number of rotatable bonds is 4. The van der Waals surface area contributed by atoms with Crippen LogP contribution in [0.4, 0.5) is 14.5 Å². The van der Waals surface area contributed by atoms with Crippen molar-refractivity contribution >= 4 is 17.4 Å². The van der Waals surface area contributed by atoms with E-state index in [4.69, 9.17) is 0 Å². The first kappa shape index (κ1) is 22.7. The van der Waals surface area contributed by atoms with Gasteiger partial charge in [0.25, 0.3) is 5.91 Å². The van der Waals surface area contributed by atoms with Gasteiger partial charge in [-0.3, -0.25) is 9.59 Å². The number of Topliss-reactive ketones (excluding diaryl/α,β-unsaturated/α-hetero) is 1. The molecule has 0 fully saturated rings. The van der Waals surface area contributed by atoms with Crippen molar-refractivity contribution in [3.63, 3.8) is 0 Å². The average molecular weight is 471 g/mol. The Kier molecular flexibility index (Phi) is 6.03. The molecule has 1 heterocycles. The molecule has 2 unspecified atom stereocenters. The summed E-state index contributed by atoms with van der Waals surface area (Å²) in [7, 11) is 0. The Morgan fingerprint density at radius 3 is 2.34 bits per heavy atom. The van der Waals surface area contributed by atoms with Gasteiger partial charge >= 0.3 is 0 Å². The van der Waals surface area contributed by atoms with Gasteiger partial charge in [-0.1, -0.05) is 48.5 Å². The summed E-state index contributed by atoms with van der Waals surface area (Å²) in [5.74, 6) is -2.00. The summed E-state index contributed by atoms with van der Waals surface area (Å²) in [5, 5.41) is 6.07. The molecule has 35 heavy (non-hydrogen) atoms. The van der Waals surface area contributed by atoms with Crippen molar-refractivity contribution in [2.75, 3.05) is 5.32 Å². The van der Waals surface area contributed by atoms with Crippen LogP contribution in [0.25, 0.3) is 0 Å². The Morgan fingerprint density at radius 1 is 0.886 bits per heavy atom. The van der Waals surface area contributed by atoms with Gasteiger partial charge in [-0.15, -0.1) is 0 Å². The standard InChI is InChI=1S/C29H24F2N2O2/c1-17-26(29(35)33-23-9-5-8-22(31)16-23)27(19-10-12-21(30)13-11-19)28-24(32-17)14-20(15-25(28)34)18-6-3-2-4-7-18/h2-13,16,20,27,32H,14-15H2,1H3,(H,33,35). The zero-order chi connectivity index (χ0) is 24.5. The van der Waals surface area contributed by atoms with Crippen LogP contribution in [0, 0.1) is 11.6 Å². The molecule has 1 aliphatic carbocycles. The van der Waals surface area contributed by atoms with Gasteiger partial charge in [0.2, 0.25) is 0 Å². The Bertz CT molecular complexity index is 1360. The van der Waals surface area contributed by atoms with Gasteiger partial charge in [-0.2, -0.15) is 0 Å². The van der Waals surface area contributed by atoms with Gasteiger partial charge < -0.3 is 10.6 Å². The van der Waals surface area contributed by atoms with Gasteiger partial charge in [-0.25, -0.2) is 8.78 Å². The van der Waals surface area contributed by atoms with Crippen LogP contribution in [0.5, 0.6) is 0 Å². The van der Waals surface area contributed by atoms with Gasteiger partial charge in [0.1, 0.15) is 11.6 Å². The number of nitrogens with one attached hydrogen (secondary N) is 2. The van der Waals surface area contributed by atoms with E-state index in [0.29, 0.717) is 40.9 Å². The third kappa shape index (κ3) is 4.52. The van der Waals surface area contributed by atoms with Crippen LogP contribution in [0.1, 0.15) is 42.7 Å². The molecule has 4 nitrogen and oxygen atoms in total. The first-order valence-electron chi connectivity index (χ1n) is 11.5. The molecule has 5 rings (SSSR count). The summed E-state index contributed by atoms with van der Waals surface area (Å²) >= 11 is 0. The first-order valence-corrected chi connectivity index (χ1v) is 11.5. The van der Waals surface area contributed by atoms with E-state index in [1.165, 1.54) is 30.3 Å². The summed E-state index contributed by atoms with van der Waals surface area (Å²) in [6.07, 6.45) is 0.943. The number of benzene rings is 3. The van der Waals surface area contributed by atoms with Crippen LogP contribution < -0.4 is 10.6 Å². The lowest BCUT2D eigenvalue weighted by molar-refractivity contribution is -0.116. The second-order valence-electron chi connectivity index (χ2n) is 8.94. The zero-order valence-electron chi connectivity index (χ0n) is 19.1. The SMILES string of the molecule is CC1=C(C(=O)Nc2cccc(F)c2)C(c2ccc(F)cc2)C2=C(CC(c3ccccc3)CC2=O)N1. The van der Waals surface area contributed by atoms with Gasteiger partial charge in [0.15, 0.2) is 5.78 Å². The molecule has 3 aromatic carbocycles. The molecule has 0 spiro atoms. The number of ketones is 1. The molecular weight excluding hydrogens is 446 g/mol. The molecule has 0 aromatic heterocycles. The molecule has 0 radical (unpaired) electrons. The summed E-state index contributed by atoms with van der Waals surface area (Å²) in [6, 6.07) is 21.4. The molecule has 6 heteroatoms. The fourth-order valence-electron chi connectivity index (χ4n) is 5.05. The number of allylic oxidation sites excluding steroid dienone is 3. The second-order valence-corrected chi connectivity index (χ2v) is 8.94. The number of hydrogen-bond acceptors (Lipinski definition) is 3. The fraction of sp³-hybridized carbons (Fsp3) is 0.172. The van der Waals surface area contributed by atoms with E-state index >= 15 is 0 Å². The molecule has 1 amide bonds. The van der Waals surface area contributed by atoms with Crippen molar-refractivity contribution in [3.05, 3.63) is 124 Å². The van der Waals surface area contributed by atoms with Crippen LogP contribution >= 0.6 is 0 Å². The minimum Gasteiger partial charge on any atom is -0.362 e. The van der Waals surface area contributed by atoms with Crippen LogP contribution in [-0.4, -0.2) is 11.7 Å². The van der Waals surface area contributed by atoms with E-state index in [9.17, 15) is 18.4 Å². The molecule has 2 N–H and O–H groups in total. The predicted molar refractivity (Wildman–Crippen MR) is 130 cm³/mol. The maximum absolute atomic E-state index is 13.7. The summed E-state index contributed by atoms with van der Waals surface area (Å²) < 4.78 is 27.4. The fourth-order valence-corrected chi connectivity index (χ4v) is 5.05. The van der Waals surface area contributed by atoms with Gasteiger partial charge in [0, 0.05) is 40.6 Å². The lowest BCUT2D eigenvalue weighted by Crippen LogP contribution is -2.37. The Morgan fingerprint density at radius 2 is 1.63 bits per heavy atom. The van der Waals surface area contributed by atoms with E-state index in [-0.39, 0.29) is 11.7 Å². The van der Waals surface area contributed by atoms with E-state index < -0.39 is 23.5 Å². The quantitative estimate of drug-likeness (QED) is 0.494. The Hall–Kier alpha value is -4.06. The van der Waals surface area contributed by atoms with Crippen molar-refractivity contribution in [1.29, 1.82) is 0 Å². The Labute approximate surface area is 202 Å². The summed E-state index contributed by atoms with van der Waals surface area (Å²) in [6.45, 7) is 1.79. The van der Waals surface area contributed by atoms with Crippen molar-refractivity contribution < 1.29 is 18.4 Å². The summed E-state index contributed by atoms with van der Waals surface area (Å²) in [4.78, 5) is 27.0. The van der Waals surface area contributed by atoms with Crippen molar-refractivity contribution in [2.45, 2.75) is 31.6 Å². The number of halogens is 2. The minimum atomic E-state index is -0.662. The number of hydrogen-bond donors (Lipinski definition) is 2. The molecule has 2 atom stereocenters. The number of amides is 1. The van der Waals surface area contributed by atoms with Crippen molar-refractivity contribution in [3.8, 4) is 0 Å². The summed E-state index contributed by atoms with van der Waals surface area (Å²) in [5.41, 5.74) is 4.31. The molecule has 0 saturated heterocycles. The van der Waals surface area contributed by atoms with E-state index in [1.807, 2.05) is 30.3 Å². The van der Waals surface area contributed by atoms with Crippen LogP contribution in [-0.2, 0) is 9.59 Å². The average Bonchev–Trinajstić information content (AvgIpc) is 2.84. The largest absolute Gasteiger partial charge is 0.362 e. The number of carbonyl (C=O) groups excluding carboxylic acids is 2. The zero-order valence-corrected chi connectivity index (χ0v) is 19.1. The maximum Gasteiger partial charge on any atom is 0.254 e. The van der Waals surface area contributed by atoms with E-state index in [0.717, 1.165) is 11.3 Å². The number of anilines is 1. The van der Waals surface area contributed by atoms with Gasteiger partial charge in [-0.05, 0) is 60.7 Å². The highest BCUT2D eigenvalue weighted by Crippen LogP contribution is 2.45. The van der Waals surface area contributed by atoms with Crippen molar-refractivity contribution in [2.24, 2.45) is 0 Å². The predicted octanol–water partition coefficient (Wildman–Crippen LogP) is 5.97. The smallest absolute Gasteiger partial charge is 0.254 e. The van der Waals surface area contributed by atoms with Crippen LogP contribution in [0.2, 0.25) is 0 Å². The molecule has 2 aliphatic rings. The first-order chi connectivity index (χ1) is 16.9. The number of dihydropyridines is 1. The molecular formula is C29H24F2N2O2. The maximum atomic E-state index is 13.7. The highest BCUT2D eigenvalue weighted by atomic mass is 19.1. The number of carbonyl (C=O) groups is 2. The van der Waals surface area contributed by atoms with Crippen molar-refractivity contribution in [1.82, 2.24) is 5.32 Å². The highest BCUT2D eigenvalue weighted by molar-refractivity contribution is 6.10. The van der Waals surface area contributed by atoms with Crippen LogP contribution in [0.15, 0.2) is 101 Å². The van der Waals surface area contributed by atoms with E-state index in [2.05, 4.69) is 10.6 Å². The normalized spacial score (nSPS) is 19.8. The lowest BCUT2D eigenvalue weighted by Gasteiger charge is -2.37. The third-order valence-electron chi connectivity index (χ3n) is 6.63. The minimum absolute atomic E-state index is 0.0271. The van der Waals surface area contributed by atoms with E-state index in [1.54, 1.807) is 25.1 Å². The molecule has 176 valence electrons. The monoisotopic (exact) mass is 470 g/mol. The third-order valence-corrected chi connectivity index (χ3v) is 6.63. The second kappa shape index (κ2) is 9.29. The highest BCUT2D eigenvalue weighted by Gasteiger charge is 2.40. The molecule has 1 aliphatic heterocycles. The molecule has 0 saturated carbocycles. The lowest BCUT2D eigenvalue weighted by atomic mass is 9.71. The molecule has 3 aromatic rings.